The molecule has 0 aliphatic heterocycles. The molecule has 14 heavy (non-hydrogen) atoms. The average Bonchev–Trinajstić information content (AvgIpc) is 2.16. The smallest absolute Gasteiger partial charge is 0.318 e. The zero-order valence-electron chi connectivity index (χ0n) is 8.74. The Labute approximate surface area is 99.5 Å². The topological polar surface area (TPSA) is 26.3 Å². The number of unbranched alkanes of at least 4 members (excludes halogenated alkanes) is 1. The van der Waals surface area contributed by atoms with Gasteiger partial charge in [0.05, 0.1) is 7.11 Å². The average molecular weight is 252 g/mol. The lowest BCUT2D eigenvalue weighted by atomic mass is 10.4. The highest BCUT2D eigenvalue weighted by atomic mass is 32.2. The molecule has 0 aromatic carbocycles. The van der Waals surface area contributed by atoms with Crippen LogP contribution in [-0.2, 0) is 9.53 Å². The Bertz CT molecular complexity index is 194. The van der Waals surface area contributed by atoms with Gasteiger partial charge in [0.1, 0.15) is 8.78 Å². The molecule has 1 atom stereocenters. The first-order chi connectivity index (χ1) is 6.61. The summed E-state index contributed by atoms with van der Waals surface area (Å²) in [7, 11) is 1.40. The highest BCUT2D eigenvalue weighted by Crippen LogP contribution is 2.23. The number of carbonyl (C=O) groups excluding carboxylic acids is 1. The van der Waals surface area contributed by atoms with E-state index in [0.29, 0.717) is 0 Å². The van der Waals surface area contributed by atoms with E-state index in [4.69, 9.17) is 12.2 Å². The maximum atomic E-state index is 11.1. The van der Waals surface area contributed by atoms with Crippen molar-refractivity contribution in [1.82, 2.24) is 0 Å². The van der Waals surface area contributed by atoms with Gasteiger partial charge in [-0.2, -0.15) is 0 Å². The SMILES string of the molecule is CCCCSC(=S)SC(C)C(=O)OC. The lowest BCUT2D eigenvalue weighted by molar-refractivity contribution is -0.139. The van der Waals surface area contributed by atoms with Crippen LogP contribution in [0.2, 0.25) is 0 Å². The number of carbonyl (C=O) groups is 1. The first kappa shape index (κ1) is 14.3. The molecule has 0 rings (SSSR count). The van der Waals surface area contributed by atoms with Crippen molar-refractivity contribution < 1.29 is 9.53 Å². The van der Waals surface area contributed by atoms with Crippen LogP contribution in [0.5, 0.6) is 0 Å². The molecule has 0 heterocycles. The molecule has 0 aliphatic rings. The van der Waals surface area contributed by atoms with Crippen molar-refractivity contribution in [2.75, 3.05) is 12.9 Å². The number of hydrogen-bond donors (Lipinski definition) is 0. The normalized spacial score (nSPS) is 12.2. The molecule has 1 unspecified atom stereocenters. The minimum atomic E-state index is -0.214. The van der Waals surface area contributed by atoms with Gasteiger partial charge in [-0.3, -0.25) is 4.79 Å². The predicted octanol–water partition coefficient (Wildman–Crippen LogP) is 3.10. The van der Waals surface area contributed by atoms with Crippen LogP contribution in [-0.4, -0.2) is 27.6 Å². The molecule has 0 N–H and O–H groups in total. The maximum absolute atomic E-state index is 11.1. The highest BCUT2D eigenvalue weighted by Gasteiger charge is 2.15. The standard InChI is InChI=1S/C9H16O2S3/c1-4-5-6-13-9(12)14-7(2)8(10)11-3/h7H,4-6H2,1-3H3. The number of thioether (sulfide) groups is 2. The van der Waals surface area contributed by atoms with Crippen molar-refractivity contribution in [3.05, 3.63) is 0 Å². The molecule has 2 nitrogen and oxygen atoms in total. The molecule has 0 amide bonds. The van der Waals surface area contributed by atoms with E-state index < -0.39 is 0 Å². The molecule has 0 aromatic heterocycles. The fraction of sp³-hybridized carbons (Fsp3) is 0.778. The van der Waals surface area contributed by atoms with E-state index in [1.54, 1.807) is 11.8 Å². The van der Waals surface area contributed by atoms with Gasteiger partial charge in [-0.05, 0) is 19.1 Å². The van der Waals surface area contributed by atoms with Crippen molar-refractivity contribution in [1.29, 1.82) is 0 Å². The first-order valence-electron chi connectivity index (χ1n) is 4.53. The van der Waals surface area contributed by atoms with E-state index >= 15 is 0 Å². The number of thiocarbonyl (C=S) groups is 1. The van der Waals surface area contributed by atoms with Crippen molar-refractivity contribution in [3.63, 3.8) is 0 Å². The second-order valence-electron chi connectivity index (χ2n) is 2.74. The zero-order chi connectivity index (χ0) is 11.0. The predicted molar refractivity (Wildman–Crippen MR) is 69.0 cm³/mol. The number of rotatable bonds is 5. The summed E-state index contributed by atoms with van der Waals surface area (Å²) in [5.74, 6) is 0.824. The first-order valence-corrected chi connectivity index (χ1v) is 6.80. The van der Waals surface area contributed by atoms with Crippen molar-refractivity contribution in [2.45, 2.75) is 31.9 Å². The fourth-order valence-corrected chi connectivity index (χ4v) is 3.41. The van der Waals surface area contributed by atoms with E-state index in [0.717, 1.165) is 15.7 Å². The molecule has 0 radical (unpaired) electrons. The highest BCUT2D eigenvalue weighted by molar-refractivity contribution is 8.47. The Kier molecular flexibility index (Phi) is 8.72. The lowest BCUT2D eigenvalue weighted by Crippen LogP contribution is -2.15. The molecule has 0 aliphatic carbocycles. The second kappa shape index (κ2) is 8.56. The van der Waals surface area contributed by atoms with E-state index in [1.807, 2.05) is 6.92 Å². The third-order valence-corrected chi connectivity index (χ3v) is 4.28. The van der Waals surface area contributed by atoms with Crippen LogP contribution in [0.25, 0.3) is 0 Å². The number of hydrogen-bond acceptors (Lipinski definition) is 5. The van der Waals surface area contributed by atoms with Gasteiger partial charge in [0.15, 0.2) is 0 Å². The summed E-state index contributed by atoms with van der Waals surface area (Å²) in [6, 6.07) is 0. The summed E-state index contributed by atoms with van der Waals surface area (Å²) in [6.45, 7) is 3.96. The molecule has 0 bridgehead atoms. The lowest BCUT2D eigenvalue weighted by Gasteiger charge is -2.08. The van der Waals surface area contributed by atoms with Crippen LogP contribution in [0, 0.1) is 0 Å². The summed E-state index contributed by atoms with van der Waals surface area (Å²) >= 11 is 8.18. The van der Waals surface area contributed by atoms with Crippen LogP contribution in [0.15, 0.2) is 0 Å². The van der Waals surface area contributed by atoms with Gasteiger partial charge < -0.3 is 4.74 Å². The summed E-state index contributed by atoms with van der Waals surface area (Å²) in [6.07, 6.45) is 2.34. The molecule has 0 aromatic rings. The Morgan fingerprint density at radius 3 is 2.71 bits per heavy atom. The molecule has 0 saturated carbocycles. The Morgan fingerprint density at radius 1 is 1.57 bits per heavy atom. The number of ether oxygens (including phenoxy) is 1. The number of methoxy groups -OCH3 is 1. The van der Waals surface area contributed by atoms with Gasteiger partial charge in [-0.25, -0.2) is 0 Å². The molecular weight excluding hydrogens is 236 g/mol. The van der Waals surface area contributed by atoms with E-state index in [2.05, 4.69) is 11.7 Å². The molecule has 0 spiro atoms. The maximum Gasteiger partial charge on any atom is 0.318 e. The van der Waals surface area contributed by atoms with Crippen molar-refractivity contribution in [3.8, 4) is 0 Å². The van der Waals surface area contributed by atoms with E-state index in [9.17, 15) is 4.79 Å². The Balaban J connectivity index is 3.65. The molecule has 5 heteroatoms. The monoisotopic (exact) mass is 252 g/mol. The van der Waals surface area contributed by atoms with Gasteiger partial charge in [-0.1, -0.05) is 37.3 Å². The third-order valence-electron chi connectivity index (χ3n) is 1.52. The van der Waals surface area contributed by atoms with E-state index in [-0.39, 0.29) is 11.2 Å². The second-order valence-corrected chi connectivity index (χ2v) is 6.37. The zero-order valence-corrected chi connectivity index (χ0v) is 11.2. The largest absolute Gasteiger partial charge is 0.468 e. The van der Waals surface area contributed by atoms with Gasteiger partial charge in [0, 0.05) is 0 Å². The minimum Gasteiger partial charge on any atom is -0.468 e. The van der Waals surface area contributed by atoms with Gasteiger partial charge >= 0.3 is 5.97 Å². The van der Waals surface area contributed by atoms with Crippen LogP contribution < -0.4 is 0 Å². The summed E-state index contributed by atoms with van der Waals surface area (Å²) < 4.78 is 5.44. The Hall–Kier alpha value is 0.260. The summed E-state index contributed by atoms with van der Waals surface area (Å²) in [5.41, 5.74) is 0. The van der Waals surface area contributed by atoms with Crippen molar-refractivity contribution in [2.24, 2.45) is 0 Å². The Morgan fingerprint density at radius 2 is 2.21 bits per heavy atom. The molecule has 0 fully saturated rings. The molecule has 82 valence electrons. The van der Waals surface area contributed by atoms with Crippen LogP contribution in [0.1, 0.15) is 26.7 Å². The van der Waals surface area contributed by atoms with Gasteiger partial charge in [-0.15, -0.1) is 11.8 Å². The molecular formula is C9H16O2S3. The van der Waals surface area contributed by atoms with Crippen LogP contribution in [0.3, 0.4) is 0 Å². The van der Waals surface area contributed by atoms with Crippen LogP contribution in [0.4, 0.5) is 0 Å². The molecule has 0 saturated heterocycles. The summed E-state index contributed by atoms with van der Waals surface area (Å²) in [5, 5.41) is -0.193. The fourth-order valence-electron chi connectivity index (χ4n) is 0.692. The third kappa shape index (κ3) is 6.68. The van der Waals surface area contributed by atoms with E-state index in [1.165, 1.54) is 25.3 Å². The quantitative estimate of drug-likeness (QED) is 0.425. The van der Waals surface area contributed by atoms with Crippen molar-refractivity contribution >= 4 is 45.2 Å². The summed E-state index contributed by atoms with van der Waals surface area (Å²) in [4.78, 5) is 11.1. The number of esters is 1. The van der Waals surface area contributed by atoms with Crippen LogP contribution >= 0.6 is 35.7 Å². The van der Waals surface area contributed by atoms with Gasteiger partial charge in [0.25, 0.3) is 0 Å². The van der Waals surface area contributed by atoms with Gasteiger partial charge in [0.2, 0.25) is 0 Å². The minimum absolute atomic E-state index is 0.193.